The van der Waals surface area contributed by atoms with Gasteiger partial charge in [-0.15, -0.1) is 11.3 Å². The van der Waals surface area contributed by atoms with Crippen LogP contribution in [0.5, 0.6) is 0 Å². The average molecular weight is 419 g/mol. The summed E-state index contributed by atoms with van der Waals surface area (Å²) in [6.07, 6.45) is 1.81. The van der Waals surface area contributed by atoms with Crippen LogP contribution in [0.2, 0.25) is 0 Å². The Bertz CT molecular complexity index is 1290. The summed E-state index contributed by atoms with van der Waals surface area (Å²) in [7, 11) is 0. The predicted octanol–water partition coefficient (Wildman–Crippen LogP) is 4.56. The first-order chi connectivity index (χ1) is 14.5. The molecule has 4 aromatic rings. The Labute approximate surface area is 177 Å². The molecule has 2 aromatic carbocycles. The molecule has 152 valence electrons. The molecule has 1 fully saturated rings. The maximum atomic E-state index is 13.7. The molecule has 6 nitrogen and oxygen atoms in total. The Hall–Kier alpha value is -3.06. The standard InChI is InChI=1S/C23H22N4O2S/c1-14(2)27-22(28)16-9-4-3-8-15(16)20(25-27)23(29)26-13-7-11-18(26)21-24-17-10-5-6-12-19(17)30-21/h3-6,8-10,12,14,18H,7,11,13H2,1-2H3. The summed E-state index contributed by atoms with van der Waals surface area (Å²) in [4.78, 5) is 33.2. The van der Waals surface area contributed by atoms with E-state index in [1.807, 2.05) is 55.1 Å². The monoisotopic (exact) mass is 418 g/mol. The molecule has 30 heavy (non-hydrogen) atoms. The zero-order chi connectivity index (χ0) is 20.8. The highest BCUT2D eigenvalue weighted by atomic mass is 32.1. The van der Waals surface area contributed by atoms with Gasteiger partial charge in [0.25, 0.3) is 11.5 Å². The zero-order valence-corrected chi connectivity index (χ0v) is 17.7. The number of carbonyl (C=O) groups is 1. The van der Waals surface area contributed by atoms with Gasteiger partial charge in [-0.25, -0.2) is 9.67 Å². The molecule has 0 bridgehead atoms. The molecule has 0 saturated carbocycles. The Kier molecular flexibility index (Phi) is 4.62. The van der Waals surface area contributed by atoms with E-state index in [2.05, 4.69) is 11.2 Å². The molecular formula is C23H22N4O2S. The van der Waals surface area contributed by atoms with Crippen LogP contribution in [0.3, 0.4) is 0 Å². The van der Waals surface area contributed by atoms with Crippen LogP contribution in [-0.2, 0) is 0 Å². The number of benzene rings is 2. The fourth-order valence-corrected chi connectivity index (χ4v) is 5.26. The highest BCUT2D eigenvalue weighted by Gasteiger charge is 2.34. The second-order valence-corrected chi connectivity index (χ2v) is 8.98. The number of rotatable bonds is 3. The summed E-state index contributed by atoms with van der Waals surface area (Å²) in [5.41, 5.74) is 1.14. The maximum Gasteiger partial charge on any atom is 0.275 e. The van der Waals surface area contributed by atoms with E-state index in [0.717, 1.165) is 28.1 Å². The summed E-state index contributed by atoms with van der Waals surface area (Å²) in [6.45, 7) is 4.46. The summed E-state index contributed by atoms with van der Waals surface area (Å²) in [6, 6.07) is 15.1. The third-order valence-corrected chi connectivity index (χ3v) is 6.77. The fraction of sp³-hybridized carbons (Fsp3) is 0.304. The Morgan fingerprint density at radius 2 is 1.83 bits per heavy atom. The van der Waals surface area contributed by atoms with Crippen molar-refractivity contribution in [2.24, 2.45) is 0 Å². The molecule has 1 amide bonds. The Morgan fingerprint density at radius 1 is 1.10 bits per heavy atom. The van der Waals surface area contributed by atoms with E-state index >= 15 is 0 Å². The number of thiazole rings is 1. The van der Waals surface area contributed by atoms with Gasteiger partial charge < -0.3 is 4.90 Å². The first kappa shape index (κ1) is 18.9. The minimum absolute atomic E-state index is 0.0603. The van der Waals surface area contributed by atoms with Crippen molar-refractivity contribution < 1.29 is 4.79 Å². The van der Waals surface area contributed by atoms with E-state index in [9.17, 15) is 9.59 Å². The minimum atomic E-state index is -0.165. The SMILES string of the molecule is CC(C)n1nc(C(=O)N2CCCC2c2nc3ccccc3s2)c2ccccc2c1=O. The van der Waals surface area contributed by atoms with Crippen LogP contribution in [-0.4, -0.2) is 32.1 Å². The van der Waals surface area contributed by atoms with Crippen LogP contribution in [0.15, 0.2) is 53.3 Å². The van der Waals surface area contributed by atoms with E-state index in [-0.39, 0.29) is 23.6 Å². The van der Waals surface area contributed by atoms with Crippen molar-refractivity contribution in [1.29, 1.82) is 0 Å². The lowest BCUT2D eigenvalue weighted by molar-refractivity contribution is 0.0729. The summed E-state index contributed by atoms with van der Waals surface area (Å²) >= 11 is 1.64. The van der Waals surface area contributed by atoms with Crippen molar-refractivity contribution in [2.75, 3.05) is 6.54 Å². The van der Waals surface area contributed by atoms with Crippen LogP contribution in [0.4, 0.5) is 0 Å². The topological polar surface area (TPSA) is 68.1 Å². The van der Waals surface area contributed by atoms with Crippen molar-refractivity contribution in [3.8, 4) is 0 Å². The maximum absolute atomic E-state index is 13.7. The van der Waals surface area contributed by atoms with Crippen LogP contribution in [0, 0.1) is 0 Å². The van der Waals surface area contributed by atoms with Gasteiger partial charge in [0.15, 0.2) is 5.69 Å². The van der Waals surface area contributed by atoms with Crippen molar-refractivity contribution in [3.05, 3.63) is 69.6 Å². The lowest BCUT2D eigenvalue weighted by Crippen LogP contribution is -2.34. The number of hydrogen-bond acceptors (Lipinski definition) is 5. The molecule has 0 spiro atoms. The smallest absolute Gasteiger partial charge is 0.275 e. The van der Waals surface area contributed by atoms with Gasteiger partial charge in [-0.3, -0.25) is 9.59 Å². The number of amides is 1. The van der Waals surface area contributed by atoms with Gasteiger partial charge in [0.2, 0.25) is 0 Å². The molecule has 7 heteroatoms. The lowest BCUT2D eigenvalue weighted by Gasteiger charge is -2.24. The number of hydrogen-bond donors (Lipinski definition) is 0. The van der Waals surface area contributed by atoms with Gasteiger partial charge in [0, 0.05) is 11.9 Å². The second kappa shape index (κ2) is 7.32. The normalized spacial score (nSPS) is 16.8. The number of fused-ring (bicyclic) bond motifs is 2. The van der Waals surface area contributed by atoms with E-state index in [1.165, 1.54) is 4.68 Å². The molecule has 0 radical (unpaired) electrons. The van der Waals surface area contributed by atoms with Gasteiger partial charge in [-0.1, -0.05) is 30.3 Å². The largest absolute Gasteiger partial charge is 0.328 e. The highest BCUT2D eigenvalue weighted by molar-refractivity contribution is 7.18. The quantitative estimate of drug-likeness (QED) is 0.489. The number of nitrogens with zero attached hydrogens (tertiary/aromatic N) is 4. The predicted molar refractivity (Wildman–Crippen MR) is 119 cm³/mol. The number of para-hydroxylation sites is 1. The average Bonchev–Trinajstić information content (AvgIpc) is 3.40. The van der Waals surface area contributed by atoms with E-state index in [4.69, 9.17) is 4.98 Å². The fourth-order valence-electron chi connectivity index (χ4n) is 4.15. The number of likely N-dealkylation sites (tertiary alicyclic amines) is 1. The van der Waals surface area contributed by atoms with Crippen LogP contribution < -0.4 is 5.56 Å². The van der Waals surface area contributed by atoms with E-state index in [0.29, 0.717) is 23.0 Å². The molecule has 1 aliphatic rings. The van der Waals surface area contributed by atoms with Crippen molar-refractivity contribution >= 4 is 38.2 Å². The number of carbonyl (C=O) groups excluding carboxylic acids is 1. The molecule has 5 rings (SSSR count). The summed E-state index contributed by atoms with van der Waals surface area (Å²) in [5, 5.41) is 6.61. The van der Waals surface area contributed by atoms with Gasteiger partial charge in [0.05, 0.1) is 27.7 Å². The summed E-state index contributed by atoms with van der Waals surface area (Å²) < 4.78 is 2.54. The Morgan fingerprint density at radius 3 is 2.60 bits per heavy atom. The van der Waals surface area contributed by atoms with E-state index < -0.39 is 0 Å². The minimum Gasteiger partial charge on any atom is -0.328 e. The summed E-state index contributed by atoms with van der Waals surface area (Å²) in [5.74, 6) is -0.137. The Balaban J connectivity index is 1.60. The lowest BCUT2D eigenvalue weighted by atomic mass is 10.1. The molecule has 0 N–H and O–H groups in total. The van der Waals surface area contributed by atoms with Crippen LogP contribution >= 0.6 is 11.3 Å². The molecule has 1 atom stereocenters. The van der Waals surface area contributed by atoms with Crippen LogP contribution in [0.25, 0.3) is 21.0 Å². The zero-order valence-electron chi connectivity index (χ0n) is 16.9. The molecule has 3 heterocycles. The first-order valence-electron chi connectivity index (χ1n) is 10.2. The molecule has 2 aromatic heterocycles. The number of aromatic nitrogens is 3. The van der Waals surface area contributed by atoms with Crippen LogP contribution in [0.1, 0.15) is 54.3 Å². The van der Waals surface area contributed by atoms with Gasteiger partial charge in [-0.2, -0.15) is 5.10 Å². The third kappa shape index (κ3) is 3.01. The molecule has 1 unspecified atom stereocenters. The van der Waals surface area contributed by atoms with Crippen molar-refractivity contribution in [3.63, 3.8) is 0 Å². The molecule has 1 saturated heterocycles. The molecule has 1 aliphatic heterocycles. The second-order valence-electron chi connectivity index (χ2n) is 7.91. The first-order valence-corrected chi connectivity index (χ1v) is 11.0. The van der Waals surface area contributed by atoms with Gasteiger partial charge in [0.1, 0.15) is 5.01 Å². The van der Waals surface area contributed by atoms with Gasteiger partial charge >= 0.3 is 0 Å². The molecule has 0 aliphatic carbocycles. The van der Waals surface area contributed by atoms with Gasteiger partial charge in [-0.05, 0) is 44.9 Å². The van der Waals surface area contributed by atoms with Crippen molar-refractivity contribution in [2.45, 2.75) is 38.8 Å². The third-order valence-electron chi connectivity index (χ3n) is 5.63. The van der Waals surface area contributed by atoms with E-state index in [1.54, 1.807) is 17.4 Å². The molecular weight excluding hydrogens is 396 g/mol. The highest BCUT2D eigenvalue weighted by Crippen LogP contribution is 2.37. The van der Waals surface area contributed by atoms with Crippen molar-refractivity contribution in [1.82, 2.24) is 19.7 Å².